The molecule has 2 aromatic rings. The third kappa shape index (κ3) is 2.05. The average molecular weight is 313 g/mol. The predicted octanol–water partition coefficient (Wildman–Crippen LogP) is 2.12. The molecule has 0 radical (unpaired) electrons. The lowest BCUT2D eigenvalue weighted by Gasteiger charge is -2.15. The molecule has 0 aliphatic heterocycles. The lowest BCUT2D eigenvalue weighted by molar-refractivity contribution is 0.576. The summed E-state index contributed by atoms with van der Waals surface area (Å²) in [5.41, 5.74) is 8.27. The number of halogens is 1. The molecular weight excluding hydrogens is 300 g/mol. The molecule has 0 fully saturated rings. The molecule has 17 heavy (non-hydrogen) atoms. The second-order valence-corrected chi connectivity index (χ2v) is 6.26. The number of aryl methyl sites for hydroxylation is 2. The van der Waals surface area contributed by atoms with Crippen molar-refractivity contribution in [3.05, 3.63) is 21.2 Å². The molecule has 1 atom stereocenters. The van der Waals surface area contributed by atoms with E-state index in [0.717, 1.165) is 34.6 Å². The van der Waals surface area contributed by atoms with Crippen molar-refractivity contribution in [3.8, 4) is 10.7 Å². The van der Waals surface area contributed by atoms with E-state index in [9.17, 15) is 0 Å². The van der Waals surface area contributed by atoms with Gasteiger partial charge in [-0.25, -0.2) is 4.98 Å². The summed E-state index contributed by atoms with van der Waals surface area (Å²) < 4.78 is 2.70. The quantitative estimate of drug-likeness (QED) is 0.877. The Morgan fingerprint density at radius 1 is 1.59 bits per heavy atom. The van der Waals surface area contributed by atoms with Gasteiger partial charge in [-0.15, -0.1) is 11.3 Å². The van der Waals surface area contributed by atoms with Crippen molar-refractivity contribution in [3.63, 3.8) is 0 Å². The molecule has 3 rings (SSSR count). The van der Waals surface area contributed by atoms with Crippen LogP contribution in [0.3, 0.4) is 0 Å². The molecule has 0 amide bonds. The van der Waals surface area contributed by atoms with Crippen LogP contribution in [-0.4, -0.2) is 20.8 Å². The van der Waals surface area contributed by atoms with Crippen LogP contribution in [0.2, 0.25) is 0 Å². The molecular formula is C11H13BrN4S. The fourth-order valence-electron chi connectivity index (χ4n) is 2.14. The number of hydrogen-bond acceptors (Lipinski definition) is 4. The maximum absolute atomic E-state index is 5.99. The van der Waals surface area contributed by atoms with Gasteiger partial charge < -0.3 is 5.73 Å². The Hall–Kier alpha value is -0.720. The molecule has 2 heterocycles. The molecule has 0 saturated heterocycles. The van der Waals surface area contributed by atoms with Crippen molar-refractivity contribution < 1.29 is 0 Å². The smallest absolute Gasteiger partial charge is 0.142 e. The molecule has 0 aromatic carbocycles. The van der Waals surface area contributed by atoms with E-state index in [-0.39, 0.29) is 0 Å². The predicted molar refractivity (Wildman–Crippen MR) is 72.0 cm³/mol. The Kier molecular flexibility index (Phi) is 2.80. The SMILES string of the molecule is Cn1nc(Br)cc1-c1nc2c(s1)C[C@@H](N)CC2. The van der Waals surface area contributed by atoms with Crippen LogP contribution in [0.5, 0.6) is 0 Å². The summed E-state index contributed by atoms with van der Waals surface area (Å²) in [6, 6.07) is 2.30. The molecule has 6 heteroatoms. The first-order valence-electron chi connectivity index (χ1n) is 5.57. The Bertz CT molecular complexity index is 560. The van der Waals surface area contributed by atoms with E-state index >= 15 is 0 Å². The van der Waals surface area contributed by atoms with Crippen LogP contribution in [-0.2, 0) is 19.9 Å². The Labute approximate surface area is 112 Å². The molecule has 2 N–H and O–H groups in total. The minimum atomic E-state index is 0.300. The molecule has 0 spiro atoms. The van der Waals surface area contributed by atoms with Crippen LogP contribution in [0.4, 0.5) is 0 Å². The first-order chi connectivity index (χ1) is 8.13. The average Bonchev–Trinajstić information content (AvgIpc) is 2.80. The van der Waals surface area contributed by atoms with Crippen molar-refractivity contribution in [2.45, 2.75) is 25.3 Å². The van der Waals surface area contributed by atoms with Crippen LogP contribution >= 0.6 is 27.3 Å². The fraction of sp³-hybridized carbons (Fsp3) is 0.455. The van der Waals surface area contributed by atoms with E-state index in [4.69, 9.17) is 10.7 Å². The van der Waals surface area contributed by atoms with E-state index in [1.54, 1.807) is 11.3 Å². The first kappa shape index (κ1) is 11.4. The lowest BCUT2D eigenvalue weighted by Crippen LogP contribution is -2.26. The van der Waals surface area contributed by atoms with E-state index in [1.807, 2.05) is 17.8 Å². The summed E-state index contributed by atoms with van der Waals surface area (Å²) in [6.07, 6.45) is 3.02. The van der Waals surface area contributed by atoms with Crippen molar-refractivity contribution in [1.29, 1.82) is 0 Å². The van der Waals surface area contributed by atoms with E-state index in [2.05, 4.69) is 21.0 Å². The number of hydrogen-bond donors (Lipinski definition) is 1. The summed E-state index contributed by atoms with van der Waals surface area (Å²) in [5, 5.41) is 5.33. The molecule has 1 aliphatic rings. The fourth-order valence-corrected chi connectivity index (χ4v) is 3.84. The third-order valence-corrected chi connectivity index (χ3v) is 4.58. The van der Waals surface area contributed by atoms with Crippen LogP contribution in [0, 0.1) is 0 Å². The van der Waals surface area contributed by atoms with Crippen LogP contribution in [0.1, 0.15) is 17.0 Å². The highest BCUT2D eigenvalue weighted by Gasteiger charge is 2.21. The Morgan fingerprint density at radius 2 is 2.41 bits per heavy atom. The molecule has 1 aliphatic carbocycles. The zero-order valence-electron chi connectivity index (χ0n) is 9.48. The van der Waals surface area contributed by atoms with Crippen molar-refractivity contribution in [2.24, 2.45) is 12.8 Å². The van der Waals surface area contributed by atoms with Gasteiger partial charge in [-0.3, -0.25) is 4.68 Å². The number of rotatable bonds is 1. The molecule has 0 saturated carbocycles. The van der Waals surface area contributed by atoms with Gasteiger partial charge in [-0.1, -0.05) is 0 Å². The normalized spacial score (nSPS) is 19.4. The summed E-state index contributed by atoms with van der Waals surface area (Å²) in [6.45, 7) is 0. The standard InChI is InChI=1S/C11H13BrN4S/c1-16-8(5-10(12)15-16)11-14-7-3-2-6(13)4-9(7)17-11/h5-6H,2-4,13H2,1H3/t6-/m0/s1. The highest BCUT2D eigenvalue weighted by atomic mass is 79.9. The molecule has 0 unspecified atom stereocenters. The maximum Gasteiger partial charge on any atom is 0.142 e. The maximum atomic E-state index is 5.99. The summed E-state index contributed by atoms with van der Waals surface area (Å²) >= 11 is 5.13. The summed E-state index contributed by atoms with van der Waals surface area (Å²) in [5.74, 6) is 0. The minimum absolute atomic E-state index is 0.300. The number of nitrogens with two attached hydrogens (primary N) is 1. The van der Waals surface area contributed by atoms with Crippen molar-refractivity contribution in [1.82, 2.24) is 14.8 Å². The van der Waals surface area contributed by atoms with Gasteiger partial charge in [0, 0.05) is 24.0 Å². The number of aromatic nitrogens is 3. The van der Waals surface area contributed by atoms with E-state index in [1.165, 1.54) is 10.6 Å². The summed E-state index contributed by atoms with van der Waals surface area (Å²) in [4.78, 5) is 6.05. The van der Waals surface area contributed by atoms with Crippen LogP contribution < -0.4 is 5.73 Å². The second kappa shape index (κ2) is 4.19. The molecule has 2 aromatic heterocycles. The van der Waals surface area contributed by atoms with Crippen molar-refractivity contribution in [2.75, 3.05) is 0 Å². The largest absolute Gasteiger partial charge is 0.327 e. The molecule has 4 nitrogen and oxygen atoms in total. The van der Waals surface area contributed by atoms with E-state index in [0.29, 0.717) is 6.04 Å². The van der Waals surface area contributed by atoms with Gasteiger partial charge in [0.15, 0.2) is 0 Å². The monoisotopic (exact) mass is 312 g/mol. The van der Waals surface area contributed by atoms with Gasteiger partial charge in [0.05, 0.1) is 11.4 Å². The highest BCUT2D eigenvalue weighted by Crippen LogP contribution is 2.33. The number of nitrogens with zero attached hydrogens (tertiary/aromatic N) is 3. The van der Waals surface area contributed by atoms with Gasteiger partial charge in [-0.05, 0) is 35.2 Å². The van der Waals surface area contributed by atoms with Crippen LogP contribution in [0.15, 0.2) is 10.7 Å². The Balaban J connectivity index is 2.02. The zero-order valence-corrected chi connectivity index (χ0v) is 11.9. The van der Waals surface area contributed by atoms with Gasteiger partial charge in [0.2, 0.25) is 0 Å². The zero-order chi connectivity index (χ0) is 12.0. The number of thiazole rings is 1. The molecule has 0 bridgehead atoms. The Morgan fingerprint density at radius 3 is 3.12 bits per heavy atom. The van der Waals surface area contributed by atoms with E-state index < -0.39 is 0 Å². The van der Waals surface area contributed by atoms with Crippen molar-refractivity contribution >= 4 is 27.3 Å². The lowest BCUT2D eigenvalue weighted by atomic mass is 9.99. The van der Waals surface area contributed by atoms with Gasteiger partial charge >= 0.3 is 0 Å². The van der Waals surface area contributed by atoms with Gasteiger partial charge in [0.25, 0.3) is 0 Å². The van der Waals surface area contributed by atoms with Gasteiger partial charge in [0.1, 0.15) is 9.61 Å². The van der Waals surface area contributed by atoms with Crippen LogP contribution in [0.25, 0.3) is 10.7 Å². The first-order valence-corrected chi connectivity index (χ1v) is 7.18. The highest BCUT2D eigenvalue weighted by molar-refractivity contribution is 9.10. The second-order valence-electron chi connectivity index (χ2n) is 4.37. The summed E-state index contributed by atoms with van der Waals surface area (Å²) in [7, 11) is 1.94. The topological polar surface area (TPSA) is 56.7 Å². The molecule has 90 valence electrons. The number of fused-ring (bicyclic) bond motifs is 1. The van der Waals surface area contributed by atoms with Gasteiger partial charge in [-0.2, -0.15) is 5.10 Å². The third-order valence-electron chi connectivity index (χ3n) is 3.05. The minimum Gasteiger partial charge on any atom is -0.327 e.